The highest BCUT2D eigenvalue weighted by atomic mass is 16.3. The molecule has 1 aromatic heterocycles. The second-order valence-corrected chi connectivity index (χ2v) is 2.97. The number of hydrogen-bond donors (Lipinski definition) is 2. The van der Waals surface area contributed by atoms with Crippen LogP contribution in [0.15, 0.2) is 31.1 Å². The summed E-state index contributed by atoms with van der Waals surface area (Å²) in [6.07, 6.45) is 5.72. The topological polar surface area (TPSA) is 39.3 Å². The number of aliphatic hydroxyl groups is 1. The summed E-state index contributed by atoms with van der Waals surface area (Å²) < 4.78 is 0. The van der Waals surface area contributed by atoms with Gasteiger partial charge in [0.15, 0.2) is 0 Å². The lowest BCUT2D eigenvalue weighted by Gasteiger charge is -2.18. The largest absolute Gasteiger partial charge is 0.395 e. The van der Waals surface area contributed by atoms with E-state index in [9.17, 15) is 0 Å². The van der Waals surface area contributed by atoms with Crippen LogP contribution in [0.4, 0.5) is 0 Å². The Bertz CT molecular complexity index is 231. The highest BCUT2D eigenvalue weighted by Gasteiger charge is 2.02. The van der Waals surface area contributed by atoms with Gasteiger partial charge in [0.1, 0.15) is 0 Å². The van der Waals surface area contributed by atoms with E-state index in [0.29, 0.717) is 6.54 Å². The fraction of sp³-hybridized carbons (Fsp3) is 0.400. The zero-order valence-electron chi connectivity index (χ0n) is 7.74. The molecule has 0 radical (unpaired) electrons. The molecule has 0 spiro atoms. The Labute approximate surface area is 78.7 Å². The highest BCUT2D eigenvalue weighted by Crippen LogP contribution is 2.02. The lowest BCUT2D eigenvalue weighted by Crippen LogP contribution is -2.26. The molecule has 2 N–H and O–H groups in total. The molecule has 13 heavy (non-hydrogen) atoms. The van der Waals surface area contributed by atoms with Crippen molar-refractivity contribution < 1.29 is 5.11 Å². The molecule has 1 heterocycles. The van der Waals surface area contributed by atoms with E-state index < -0.39 is 0 Å². The summed E-state index contributed by atoms with van der Waals surface area (Å²) >= 11 is 0. The number of H-pyrrole nitrogens is 1. The van der Waals surface area contributed by atoms with Crippen LogP contribution < -0.4 is 0 Å². The van der Waals surface area contributed by atoms with E-state index in [0.717, 1.165) is 13.1 Å². The molecule has 0 bridgehead atoms. The third-order valence-corrected chi connectivity index (χ3v) is 1.87. The average molecular weight is 180 g/mol. The minimum atomic E-state index is 0.193. The van der Waals surface area contributed by atoms with Crippen LogP contribution in [0.25, 0.3) is 0 Å². The summed E-state index contributed by atoms with van der Waals surface area (Å²) in [5.41, 5.74) is 1.23. The maximum absolute atomic E-state index is 8.81. The van der Waals surface area contributed by atoms with Crippen LogP contribution in [-0.2, 0) is 6.54 Å². The number of aromatic amines is 1. The quantitative estimate of drug-likeness (QED) is 0.641. The number of aliphatic hydroxyl groups excluding tert-OH is 1. The van der Waals surface area contributed by atoms with E-state index in [1.54, 1.807) is 0 Å². The minimum Gasteiger partial charge on any atom is -0.395 e. The Balaban J connectivity index is 2.42. The molecule has 0 saturated carbocycles. The average Bonchev–Trinajstić information content (AvgIpc) is 2.58. The Kier molecular flexibility index (Phi) is 4.29. The standard InChI is InChI=1S/C10H16N2O/c1-2-5-12(6-7-13)9-10-3-4-11-8-10/h2-4,8,11,13H,1,5-7,9H2. The molecule has 3 heteroatoms. The summed E-state index contributed by atoms with van der Waals surface area (Å²) in [5, 5.41) is 8.81. The summed E-state index contributed by atoms with van der Waals surface area (Å²) in [4.78, 5) is 5.14. The number of aromatic nitrogens is 1. The first-order chi connectivity index (χ1) is 6.36. The van der Waals surface area contributed by atoms with Crippen LogP contribution in [0.2, 0.25) is 0 Å². The Morgan fingerprint density at radius 2 is 2.46 bits per heavy atom. The molecular formula is C10H16N2O. The predicted octanol–water partition coefficient (Wildman–Crippen LogP) is 0.995. The SMILES string of the molecule is C=CCN(CCO)Cc1cc[nH]c1. The van der Waals surface area contributed by atoms with Crippen molar-refractivity contribution >= 4 is 0 Å². The molecule has 0 aliphatic heterocycles. The molecule has 0 aliphatic rings. The molecule has 1 rings (SSSR count). The van der Waals surface area contributed by atoms with Crippen molar-refractivity contribution in [3.63, 3.8) is 0 Å². The van der Waals surface area contributed by atoms with E-state index in [1.807, 2.05) is 24.5 Å². The van der Waals surface area contributed by atoms with Gasteiger partial charge in [0.25, 0.3) is 0 Å². The Morgan fingerprint density at radius 1 is 1.62 bits per heavy atom. The van der Waals surface area contributed by atoms with Crippen LogP contribution >= 0.6 is 0 Å². The maximum atomic E-state index is 8.81. The second-order valence-electron chi connectivity index (χ2n) is 2.97. The zero-order chi connectivity index (χ0) is 9.52. The Morgan fingerprint density at radius 3 is 3.00 bits per heavy atom. The molecule has 72 valence electrons. The van der Waals surface area contributed by atoms with Gasteiger partial charge in [0.05, 0.1) is 6.61 Å². The monoisotopic (exact) mass is 180 g/mol. The van der Waals surface area contributed by atoms with Crippen LogP contribution in [0.5, 0.6) is 0 Å². The molecule has 0 atom stereocenters. The summed E-state index contributed by atoms with van der Waals surface area (Å²) in [7, 11) is 0. The maximum Gasteiger partial charge on any atom is 0.0558 e. The molecular weight excluding hydrogens is 164 g/mol. The molecule has 0 saturated heterocycles. The second kappa shape index (κ2) is 5.56. The normalized spacial score (nSPS) is 10.6. The van der Waals surface area contributed by atoms with Crippen molar-refractivity contribution in [1.29, 1.82) is 0 Å². The van der Waals surface area contributed by atoms with Gasteiger partial charge in [-0.15, -0.1) is 6.58 Å². The van der Waals surface area contributed by atoms with Gasteiger partial charge < -0.3 is 10.1 Å². The lowest BCUT2D eigenvalue weighted by atomic mass is 10.3. The fourth-order valence-electron chi connectivity index (χ4n) is 1.27. The van der Waals surface area contributed by atoms with Gasteiger partial charge in [-0.25, -0.2) is 0 Å². The predicted molar refractivity (Wildman–Crippen MR) is 53.4 cm³/mol. The van der Waals surface area contributed by atoms with Gasteiger partial charge in [-0.2, -0.15) is 0 Å². The van der Waals surface area contributed by atoms with Crippen LogP contribution in [-0.4, -0.2) is 34.7 Å². The first-order valence-corrected chi connectivity index (χ1v) is 4.42. The van der Waals surface area contributed by atoms with Crippen LogP contribution in [0.3, 0.4) is 0 Å². The van der Waals surface area contributed by atoms with E-state index in [4.69, 9.17) is 5.11 Å². The van der Waals surface area contributed by atoms with Crippen LogP contribution in [0.1, 0.15) is 5.56 Å². The first-order valence-electron chi connectivity index (χ1n) is 4.42. The zero-order valence-corrected chi connectivity index (χ0v) is 7.74. The van der Waals surface area contributed by atoms with Crippen molar-refractivity contribution in [3.05, 3.63) is 36.7 Å². The van der Waals surface area contributed by atoms with Crippen LogP contribution in [0, 0.1) is 0 Å². The third-order valence-electron chi connectivity index (χ3n) is 1.87. The highest BCUT2D eigenvalue weighted by molar-refractivity contribution is 5.08. The van der Waals surface area contributed by atoms with Crippen molar-refractivity contribution in [2.24, 2.45) is 0 Å². The molecule has 0 unspecified atom stereocenters. The van der Waals surface area contributed by atoms with Crippen molar-refractivity contribution in [1.82, 2.24) is 9.88 Å². The van der Waals surface area contributed by atoms with Gasteiger partial charge in [-0.1, -0.05) is 6.08 Å². The van der Waals surface area contributed by atoms with E-state index >= 15 is 0 Å². The van der Waals surface area contributed by atoms with Gasteiger partial charge >= 0.3 is 0 Å². The van der Waals surface area contributed by atoms with E-state index in [1.165, 1.54) is 5.56 Å². The van der Waals surface area contributed by atoms with Gasteiger partial charge in [-0.3, -0.25) is 4.90 Å². The number of nitrogens with one attached hydrogen (secondary N) is 1. The fourth-order valence-corrected chi connectivity index (χ4v) is 1.27. The number of hydrogen-bond acceptors (Lipinski definition) is 2. The van der Waals surface area contributed by atoms with Crippen molar-refractivity contribution in [2.45, 2.75) is 6.54 Å². The summed E-state index contributed by atoms with van der Waals surface area (Å²) in [6.45, 7) is 6.23. The summed E-state index contributed by atoms with van der Waals surface area (Å²) in [6, 6.07) is 2.04. The summed E-state index contributed by atoms with van der Waals surface area (Å²) in [5.74, 6) is 0. The first kappa shape index (κ1) is 10.0. The molecule has 0 aliphatic carbocycles. The third kappa shape index (κ3) is 3.44. The molecule has 0 amide bonds. The van der Waals surface area contributed by atoms with Crippen molar-refractivity contribution in [3.8, 4) is 0 Å². The molecule has 0 aromatic carbocycles. The van der Waals surface area contributed by atoms with Gasteiger partial charge in [0.2, 0.25) is 0 Å². The Hall–Kier alpha value is -1.06. The van der Waals surface area contributed by atoms with Crippen molar-refractivity contribution in [2.75, 3.05) is 19.7 Å². The molecule has 0 fully saturated rings. The van der Waals surface area contributed by atoms with Gasteiger partial charge in [-0.05, 0) is 11.6 Å². The van der Waals surface area contributed by atoms with E-state index in [2.05, 4.69) is 16.5 Å². The minimum absolute atomic E-state index is 0.193. The smallest absolute Gasteiger partial charge is 0.0558 e. The molecule has 1 aromatic rings. The number of rotatable bonds is 6. The van der Waals surface area contributed by atoms with E-state index in [-0.39, 0.29) is 6.61 Å². The molecule has 3 nitrogen and oxygen atoms in total. The lowest BCUT2D eigenvalue weighted by molar-refractivity contribution is 0.203. The number of nitrogens with zero attached hydrogens (tertiary/aromatic N) is 1. The van der Waals surface area contributed by atoms with Gasteiger partial charge in [0, 0.05) is 32.0 Å².